The normalized spacial score (nSPS) is 19.3. The molecule has 1 aliphatic rings. The van der Waals surface area contributed by atoms with Gasteiger partial charge in [-0.25, -0.2) is 9.59 Å². The molecule has 0 spiro atoms. The largest absolute Gasteiger partial charge is 0.467 e. The van der Waals surface area contributed by atoms with Crippen molar-refractivity contribution in [1.82, 2.24) is 5.32 Å². The zero-order chi connectivity index (χ0) is 34.8. The summed E-state index contributed by atoms with van der Waals surface area (Å²) in [6.07, 6.45) is -0.974. The maximum Gasteiger partial charge on any atom is 0.328 e. The number of methoxy groups -OCH3 is 1. The average Bonchev–Trinajstić information content (AvgIpc) is 3.11. The highest BCUT2D eigenvalue weighted by atomic mass is 32.2. The minimum absolute atomic E-state index is 0.0191. The van der Waals surface area contributed by atoms with Crippen molar-refractivity contribution in [3.8, 4) is 0 Å². The molecule has 1 aliphatic heterocycles. The minimum atomic E-state index is -0.875. The predicted octanol–water partition coefficient (Wildman–Crippen LogP) is 6.63. The van der Waals surface area contributed by atoms with Gasteiger partial charge in [-0.05, 0) is 53.1 Å². The van der Waals surface area contributed by atoms with Gasteiger partial charge in [0.05, 0.1) is 25.9 Å². The van der Waals surface area contributed by atoms with Crippen LogP contribution in [0.5, 0.6) is 0 Å². The Hall–Kier alpha value is -4.68. The summed E-state index contributed by atoms with van der Waals surface area (Å²) < 4.78 is 18.1. The van der Waals surface area contributed by atoms with Crippen molar-refractivity contribution in [2.24, 2.45) is 5.92 Å². The summed E-state index contributed by atoms with van der Waals surface area (Å²) in [4.78, 5) is 38.0. The third-order valence-corrected chi connectivity index (χ3v) is 9.30. The lowest BCUT2D eigenvalue weighted by Gasteiger charge is -2.41. The predicted molar refractivity (Wildman–Crippen MR) is 189 cm³/mol. The topological polar surface area (TPSA) is 135 Å². The van der Waals surface area contributed by atoms with E-state index in [1.807, 2.05) is 91.0 Å². The fourth-order valence-electron chi connectivity index (χ4n) is 5.60. The number of ether oxygens (including phenoxy) is 3. The third kappa shape index (κ3) is 9.93. The van der Waals surface area contributed by atoms with Gasteiger partial charge in [-0.1, -0.05) is 73.7 Å². The van der Waals surface area contributed by atoms with Crippen LogP contribution in [0.3, 0.4) is 0 Å². The van der Waals surface area contributed by atoms with Gasteiger partial charge in [0.25, 0.3) is 0 Å². The molecule has 49 heavy (non-hydrogen) atoms. The average molecular weight is 684 g/mol. The van der Waals surface area contributed by atoms with Crippen LogP contribution in [0.1, 0.15) is 48.5 Å². The number of benzene rings is 4. The molecule has 0 bridgehead atoms. The molecule has 0 aliphatic carbocycles. The zero-order valence-electron chi connectivity index (χ0n) is 27.6. The molecule has 0 saturated carbocycles. The smallest absolute Gasteiger partial charge is 0.328 e. The van der Waals surface area contributed by atoms with Gasteiger partial charge in [0, 0.05) is 46.8 Å². The summed E-state index contributed by atoms with van der Waals surface area (Å²) in [5.74, 6) is -0.0456. The number of thioether (sulfide) groups is 1. The second-order valence-corrected chi connectivity index (χ2v) is 12.9. The van der Waals surface area contributed by atoms with E-state index in [9.17, 15) is 19.5 Å². The first kappa shape index (κ1) is 35.6. The number of carbonyl (C=O) groups is 3. The summed E-state index contributed by atoms with van der Waals surface area (Å²) >= 11 is 1.65. The number of amides is 3. The molecule has 4 aromatic carbocycles. The van der Waals surface area contributed by atoms with Crippen LogP contribution in [0.25, 0.3) is 0 Å². The molecular formula is C38H41N3O7S. The number of hydrogen-bond donors (Lipinski definition) is 4. The Labute approximate surface area is 290 Å². The molecule has 5 atom stereocenters. The van der Waals surface area contributed by atoms with Crippen LogP contribution in [-0.4, -0.2) is 48.0 Å². The van der Waals surface area contributed by atoms with Crippen molar-refractivity contribution in [1.29, 1.82) is 0 Å². The number of esters is 1. The van der Waals surface area contributed by atoms with Crippen molar-refractivity contribution >= 4 is 41.0 Å². The number of aliphatic hydroxyl groups excluding tert-OH is 1. The van der Waals surface area contributed by atoms with Crippen molar-refractivity contribution < 1.29 is 33.7 Å². The van der Waals surface area contributed by atoms with Gasteiger partial charge >= 0.3 is 12.0 Å². The number of aliphatic hydroxyl groups is 1. The molecule has 4 aromatic rings. The van der Waals surface area contributed by atoms with E-state index in [2.05, 4.69) is 22.9 Å². The van der Waals surface area contributed by atoms with Crippen molar-refractivity contribution in [2.75, 3.05) is 23.5 Å². The highest BCUT2D eigenvalue weighted by molar-refractivity contribution is 7.99. The molecule has 5 rings (SSSR count). The van der Waals surface area contributed by atoms with Crippen LogP contribution < -0.4 is 16.0 Å². The van der Waals surface area contributed by atoms with Crippen LogP contribution in [0.15, 0.2) is 108 Å². The summed E-state index contributed by atoms with van der Waals surface area (Å²) in [7, 11) is 1.29. The number of anilines is 2. The number of rotatable bonds is 12. The highest BCUT2D eigenvalue weighted by Gasteiger charge is 2.38. The van der Waals surface area contributed by atoms with Gasteiger partial charge < -0.3 is 35.3 Å². The highest BCUT2D eigenvalue weighted by Crippen LogP contribution is 2.43. The number of carbonyl (C=O) groups excluding carboxylic acids is 3. The summed E-state index contributed by atoms with van der Waals surface area (Å²) in [6.45, 7) is 3.53. The molecule has 0 aromatic heterocycles. The van der Waals surface area contributed by atoms with Crippen LogP contribution in [-0.2, 0) is 36.8 Å². The summed E-state index contributed by atoms with van der Waals surface area (Å²) in [5, 5.41) is 17.9. The third-order valence-electron chi connectivity index (χ3n) is 8.20. The molecule has 1 heterocycles. The lowest BCUT2D eigenvalue weighted by atomic mass is 9.91. The fraction of sp³-hybridized carbons (Fsp3) is 0.289. The van der Waals surface area contributed by atoms with E-state index in [0.717, 1.165) is 27.3 Å². The fourth-order valence-corrected chi connectivity index (χ4v) is 6.67. The Morgan fingerprint density at radius 2 is 1.57 bits per heavy atom. The van der Waals surface area contributed by atoms with Crippen LogP contribution in [0.2, 0.25) is 0 Å². The molecule has 3 amide bonds. The van der Waals surface area contributed by atoms with Crippen molar-refractivity contribution in [3.63, 3.8) is 0 Å². The van der Waals surface area contributed by atoms with E-state index >= 15 is 0 Å². The minimum Gasteiger partial charge on any atom is -0.467 e. The monoisotopic (exact) mass is 683 g/mol. The number of hydrogen-bond acceptors (Lipinski definition) is 8. The van der Waals surface area contributed by atoms with E-state index in [1.165, 1.54) is 14.0 Å². The van der Waals surface area contributed by atoms with Gasteiger partial charge in [0.2, 0.25) is 5.91 Å². The van der Waals surface area contributed by atoms with Gasteiger partial charge in [0.1, 0.15) is 6.04 Å². The van der Waals surface area contributed by atoms with Crippen LogP contribution in [0.4, 0.5) is 16.2 Å². The second-order valence-electron chi connectivity index (χ2n) is 11.8. The van der Waals surface area contributed by atoms with Crippen LogP contribution in [0, 0.1) is 5.92 Å². The SMILES string of the molecule is COC(=O)C(Cc1ccccc1)NC(=O)Nc1cccc(C2OC(CSc3ccc(NC(C)=O)cc3)C(C)C(c3ccc(CO)cc3)O2)c1. The molecule has 4 N–H and O–H groups in total. The molecule has 10 nitrogen and oxygen atoms in total. The van der Waals surface area contributed by atoms with Crippen molar-refractivity contribution in [2.45, 2.75) is 56.3 Å². The van der Waals surface area contributed by atoms with Crippen LogP contribution >= 0.6 is 11.8 Å². The second kappa shape index (κ2) is 17.1. The first-order valence-electron chi connectivity index (χ1n) is 16.0. The van der Waals surface area contributed by atoms with E-state index in [4.69, 9.17) is 14.2 Å². The van der Waals surface area contributed by atoms with Gasteiger partial charge in [-0.15, -0.1) is 11.8 Å². The van der Waals surface area contributed by atoms with E-state index in [1.54, 1.807) is 23.9 Å². The molecule has 1 saturated heterocycles. The molecule has 11 heteroatoms. The van der Waals surface area contributed by atoms with Gasteiger partial charge in [-0.3, -0.25) is 4.79 Å². The Bertz CT molecular complexity index is 1700. The standard InChI is InChI=1S/C38H41N3O7S/c1-24-34(23-49-32-18-16-30(17-19-32)39-25(2)43)47-37(48-35(24)28-14-12-27(22-42)13-15-28)29-10-7-11-31(21-29)40-38(45)41-33(36(44)46-3)20-26-8-5-4-6-9-26/h4-19,21,24,33-35,37,42H,20,22-23H2,1-3H3,(H,39,43)(H2,40,41,45). The lowest BCUT2D eigenvalue weighted by Crippen LogP contribution is -2.45. The summed E-state index contributed by atoms with van der Waals surface area (Å²) in [5.41, 5.74) is 4.61. The molecule has 256 valence electrons. The Morgan fingerprint density at radius 1 is 0.837 bits per heavy atom. The molecule has 5 unspecified atom stereocenters. The lowest BCUT2D eigenvalue weighted by molar-refractivity contribution is -0.268. The van der Waals surface area contributed by atoms with E-state index < -0.39 is 24.3 Å². The van der Waals surface area contributed by atoms with E-state index in [0.29, 0.717) is 17.0 Å². The number of urea groups is 1. The van der Waals surface area contributed by atoms with Crippen molar-refractivity contribution in [3.05, 3.63) is 125 Å². The first-order chi connectivity index (χ1) is 23.7. The zero-order valence-corrected chi connectivity index (χ0v) is 28.4. The number of nitrogens with one attached hydrogen (secondary N) is 3. The van der Waals surface area contributed by atoms with E-state index in [-0.39, 0.29) is 37.1 Å². The Balaban J connectivity index is 1.31. The Morgan fingerprint density at radius 3 is 2.24 bits per heavy atom. The molecule has 1 fully saturated rings. The Kier molecular flexibility index (Phi) is 12.4. The quantitative estimate of drug-likeness (QED) is 0.0966. The maximum absolute atomic E-state index is 13.1. The molecule has 0 radical (unpaired) electrons. The summed E-state index contributed by atoms with van der Waals surface area (Å²) in [6, 6.07) is 30.6. The van der Waals surface area contributed by atoms with Gasteiger partial charge in [0.15, 0.2) is 6.29 Å². The maximum atomic E-state index is 13.1. The van der Waals surface area contributed by atoms with Gasteiger partial charge in [-0.2, -0.15) is 0 Å². The molecular weight excluding hydrogens is 642 g/mol. The first-order valence-corrected chi connectivity index (χ1v) is 17.0.